The second-order valence-electron chi connectivity index (χ2n) is 13.8. The minimum atomic E-state index is 1.13. The third kappa shape index (κ3) is 6.74. The normalized spacial score (nSPS) is 10.9. The molecule has 0 aliphatic carbocycles. The first-order chi connectivity index (χ1) is 28.2. The number of hydrogen-bond acceptors (Lipinski definition) is 1. The van der Waals surface area contributed by atoms with Gasteiger partial charge in [0.1, 0.15) is 0 Å². The van der Waals surface area contributed by atoms with Crippen LogP contribution < -0.4 is 4.90 Å². The fraction of sp³-hybridized carbons (Fsp3) is 0.0909. The van der Waals surface area contributed by atoms with E-state index in [0.717, 1.165) is 22.7 Å². The van der Waals surface area contributed by atoms with Gasteiger partial charge in [-0.15, -0.1) is 0 Å². The standard InChI is InChI=1S/C51H36N2.2C2H6/c1-35-15-14-16-37(33-35)51-45-24-10-8-22-43(45)50(44-23-9-11-25-46(44)51)36-27-29-40(30-28-36)53-48-26-13-12-21-42(48)47-34-41(31-32-49(47)53)52(38-17-4-2-5-18-38)39-19-6-3-7-20-39;2*1-2/h2-34H,1H3;2*1-2H3. The zero-order valence-corrected chi connectivity index (χ0v) is 33.4. The largest absolute Gasteiger partial charge is 0.310 e. The van der Waals surface area contributed by atoms with Gasteiger partial charge in [-0.3, -0.25) is 0 Å². The highest BCUT2D eigenvalue weighted by molar-refractivity contribution is 6.21. The highest BCUT2D eigenvalue weighted by atomic mass is 15.1. The number of hydrogen-bond donors (Lipinski definition) is 0. The van der Waals surface area contributed by atoms with Gasteiger partial charge in [0.05, 0.1) is 11.0 Å². The van der Waals surface area contributed by atoms with Crippen molar-refractivity contribution < 1.29 is 0 Å². The topological polar surface area (TPSA) is 8.17 Å². The van der Waals surface area contributed by atoms with Crippen LogP contribution in [0.4, 0.5) is 17.1 Å². The lowest BCUT2D eigenvalue weighted by Gasteiger charge is -2.25. The number of anilines is 3. The maximum absolute atomic E-state index is 2.41. The lowest BCUT2D eigenvalue weighted by molar-refractivity contribution is 1.18. The van der Waals surface area contributed by atoms with Crippen LogP contribution in [-0.2, 0) is 0 Å². The molecule has 1 heterocycles. The van der Waals surface area contributed by atoms with Crippen molar-refractivity contribution in [3.63, 3.8) is 0 Å². The Morgan fingerprint density at radius 3 is 1.35 bits per heavy atom. The van der Waals surface area contributed by atoms with Crippen LogP contribution in [0, 0.1) is 6.92 Å². The Morgan fingerprint density at radius 1 is 0.333 bits per heavy atom. The average molecular weight is 737 g/mol. The molecule has 0 atom stereocenters. The molecule has 0 spiro atoms. The van der Waals surface area contributed by atoms with E-state index in [1.54, 1.807) is 0 Å². The van der Waals surface area contributed by atoms with Gasteiger partial charge in [-0.25, -0.2) is 0 Å². The monoisotopic (exact) mass is 736 g/mol. The van der Waals surface area contributed by atoms with Crippen molar-refractivity contribution in [2.75, 3.05) is 4.90 Å². The quantitative estimate of drug-likeness (QED) is 0.154. The molecule has 57 heavy (non-hydrogen) atoms. The lowest BCUT2D eigenvalue weighted by Crippen LogP contribution is -2.09. The Bertz CT molecular complexity index is 2840. The van der Waals surface area contributed by atoms with Gasteiger partial charge in [0.15, 0.2) is 0 Å². The van der Waals surface area contributed by atoms with Crippen LogP contribution >= 0.6 is 0 Å². The lowest BCUT2D eigenvalue weighted by atomic mass is 9.86. The third-order valence-electron chi connectivity index (χ3n) is 10.6. The number of benzene rings is 9. The second-order valence-corrected chi connectivity index (χ2v) is 13.8. The molecule has 10 rings (SSSR count). The average Bonchev–Trinajstić information content (AvgIpc) is 3.61. The van der Waals surface area contributed by atoms with Crippen LogP contribution in [0.2, 0.25) is 0 Å². The summed E-state index contributed by atoms with van der Waals surface area (Å²) in [4.78, 5) is 2.33. The van der Waals surface area contributed by atoms with E-state index in [4.69, 9.17) is 0 Å². The van der Waals surface area contributed by atoms with Crippen LogP contribution in [0.3, 0.4) is 0 Å². The fourth-order valence-corrected chi connectivity index (χ4v) is 8.31. The van der Waals surface area contributed by atoms with Crippen LogP contribution in [-0.4, -0.2) is 4.57 Å². The van der Waals surface area contributed by atoms with Crippen molar-refractivity contribution in [2.45, 2.75) is 34.6 Å². The minimum absolute atomic E-state index is 1.13. The Kier molecular flexibility index (Phi) is 10.7. The first-order valence-corrected chi connectivity index (χ1v) is 20.3. The fourth-order valence-electron chi connectivity index (χ4n) is 8.31. The van der Waals surface area contributed by atoms with E-state index >= 15 is 0 Å². The molecule has 0 amide bonds. The van der Waals surface area contributed by atoms with Gasteiger partial charge in [-0.1, -0.05) is 173 Å². The van der Waals surface area contributed by atoms with E-state index in [0.29, 0.717) is 0 Å². The summed E-state index contributed by atoms with van der Waals surface area (Å²) in [7, 11) is 0. The van der Waals surface area contributed by atoms with Gasteiger partial charge < -0.3 is 9.47 Å². The highest BCUT2D eigenvalue weighted by Crippen LogP contribution is 2.44. The molecule has 2 heteroatoms. The molecular weight excluding hydrogens is 689 g/mol. The molecule has 0 fully saturated rings. The van der Waals surface area contributed by atoms with Crippen LogP contribution in [0.25, 0.3) is 71.3 Å². The second kappa shape index (κ2) is 16.5. The summed E-state index contributed by atoms with van der Waals surface area (Å²) >= 11 is 0. The number of fused-ring (bicyclic) bond motifs is 5. The zero-order chi connectivity index (χ0) is 39.3. The number of para-hydroxylation sites is 3. The van der Waals surface area contributed by atoms with E-state index in [2.05, 4.69) is 217 Å². The number of nitrogens with zero attached hydrogens (tertiary/aromatic N) is 2. The number of aromatic nitrogens is 1. The molecule has 278 valence electrons. The summed E-state index contributed by atoms with van der Waals surface area (Å²) in [5.74, 6) is 0. The Morgan fingerprint density at radius 2 is 0.807 bits per heavy atom. The van der Waals surface area contributed by atoms with Crippen molar-refractivity contribution >= 4 is 60.4 Å². The van der Waals surface area contributed by atoms with Crippen LogP contribution in [0.1, 0.15) is 33.3 Å². The Hall–Kier alpha value is -6.90. The van der Waals surface area contributed by atoms with Crippen molar-refractivity contribution in [1.82, 2.24) is 4.57 Å². The van der Waals surface area contributed by atoms with Gasteiger partial charge in [-0.05, 0) is 111 Å². The maximum Gasteiger partial charge on any atom is 0.0542 e. The zero-order valence-electron chi connectivity index (χ0n) is 33.4. The van der Waals surface area contributed by atoms with Gasteiger partial charge in [0, 0.05) is 33.5 Å². The van der Waals surface area contributed by atoms with Gasteiger partial charge in [0.2, 0.25) is 0 Å². The Labute approximate surface area is 336 Å². The van der Waals surface area contributed by atoms with E-state index in [1.807, 2.05) is 27.7 Å². The summed E-state index contributed by atoms with van der Waals surface area (Å²) in [5.41, 5.74) is 13.2. The van der Waals surface area contributed by atoms with E-state index in [9.17, 15) is 0 Å². The number of aryl methyl sites for hydroxylation is 1. The molecule has 0 saturated heterocycles. The minimum Gasteiger partial charge on any atom is -0.310 e. The molecule has 0 bridgehead atoms. The van der Waals surface area contributed by atoms with Crippen molar-refractivity contribution in [3.8, 4) is 27.9 Å². The Balaban J connectivity index is 0.00000110. The number of rotatable bonds is 6. The molecule has 0 aliphatic rings. The smallest absolute Gasteiger partial charge is 0.0542 e. The van der Waals surface area contributed by atoms with Gasteiger partial charge in [-0.2, -0.15) is 0 Å². The van der Waals surface area contributed by atoms with Crippen molar-refractivity contribution in [1.29, 1.82) is 0 Å². The molecule has 10 aromatic rings. The predicted molar refractivity (Wildman–Crippen MR) is 249 cm³/mol. The SMILES string of the molecule is CC.CC.Cc1cccc(-c2c3ccccc3c(-c3ccc(-n4c5ccccc5c5cc(N(c6ccccc6)c6ccccc6)ccc54)cc3)c3ccccc23)c1. The molecule has 0 unspecified atom stereocenters. The van der Waals surface area contributed by atoms with E-state index < -0.39 is 0 Å². The maximum atomic E-state index is 2.41. The molecule has 0 N–H and O–H groups in total. The molecule has 9 aromatic carbocycles. The first-order valence-electron chi connectivity index (χ1n) is 20.3. The molecule has 0 aliphatic heterocycles. The molecule has 1 aromatic heterocycles. The van der Waals surface area contributed by atoms with Crippen LogP contribution in [0.5, 0.6) is 0 Å². The van der Waals surface area contributed by atoms with Crippen molar-refractivity contribution in [2.24, 2.45) is 0 Å². The van der Waals surface area contributed by atoms with Crippen molar-refractivity contribution in [3.05, 3.63) is 206 Å². The summed E-state index contributed by atoms with van der Waals surface area (Å²) in [6.07, 6.45) is 0. The van der Waals surface area contributed by atoms with E-state index in [-0.39, 0.29) is 0 Å². The first kappa shape index (κ1) is 37.0. The van der Waals surface area contributed by atoms with Gasteiger partial charge >= 0.3 is 0 Å². The summed E-state index contributed by atoms with van der Waals surface area (Å²) in [6, 6.07) is 72.7. The predicted octanol–water partition coefficient (Wildman–Crippen LogP) is 16.3. The summed E-state index contributed by atoms with van der Waals surface area (Å²) in [6.45, 7) is 10.2. The molecule has 2 nitrogen and oxygen atoms in total. The summed E-state index contributed by atoms with van der Waals surface area (Å²) in [5, 5.41) is 7.53. The molecule has 0 radical (unpaired) electrons. The summed E-state index contributed by atoms with van der Waals surface area (Å²) < 4.78 is 2.41. The van der Waals surface area contributed by atoms with Gasteiger partial charge in [0.25, 0.3) is 0 Å². The van der Waals surface area contributed by atoms with E-state index in [1.165, 1.54) is 71.2 Å². The molecular formula is C55H48N2. The highest BCUT2D eigenvalue weighted by Gasteiger charge is 2.19. The van der Waals surface area contributed by atoms with Crippen LogP contribution in [0.15, 0.2) is 200 Å². The third-order valence-corrected chi connectivity index (χ3v) is 10.6. The molecule has 0 saturated carbocycles.